The zero-order valence-corrected chi connectivity index (χ0v) is 12.4. The highest BCUT2D eigenvalue weighted by Gasteiger charge is 2.30. The van der Waals surface area contributed by atoms with Crippen molar-refractivity contribution in [3.05, 3.63) is 41.1 Å². The Bertz CT molecular complexity index is 633. The van der Waals surface area contributed by atoms with Gasteiger partial charge in [0.15, 0.2) is 0 Å². The second kappa shape index (κ2) is 6.39. The molecule has 0 radical (unpaired) electrons. The molecule has 0 bridgehead atoms. The quantitative estimate of drug-likeness (QED) is 0.923. The van der Waals surface area contributed by atoms with Crippen molar-refractivity contribution in [2.75, 3.05) is 13.7 Å². The Morgan fingerprint density at radius 2 is 1.86 bits per heavy atom. The van der Waals surface area contributed by atoms with Gasteiger partial charge in [-0.1, -0.05) is 0 Å². The Hall–Kier alpha value is -2.02. The third-order valence-electron chi connectivity index (χ3n) is 3.40. The van der Waals surface area contributed by atoms with E-state index >= 15 is 0 Å². The average molecular weight is 313 g/mol. The van der Waals surface area contributed by atoms with E-state index in [-0.39, 0.29) is 0 Å². The number of rotatable bonds is 5. The van der Waals surface area contributed by atoms with Crippen molar-refractivity contribution in [2.24, 2.45) is 5.73 Å². The summed E-state index contributed by atoms with van der Waals surface area (Å²) in [5.74, 6) is 0.533. The van der Waals surface area contributed by atoms with Crippen LogP contribution in [-0.4, -0.2) is 23.4 Å². The summed E-state index contributed by atoms with van der Waals surface area (Å²) >= 11 is 0. The van der Waals surface area contributed by atoms with Gasteiger partial charge in [0.2, 0.25) is 5.88 Å². The molecular formula is C15H18F3N3O. The Kier molecular flexibility index (Phi) is 4.75. The highest BCUT2D eigenvalue weighted by atomic mass is 19.4. The number of nitrogens with two attached hydrogens (primary N) is 1. The summed E-state index contributed by atoms with van der Waals surface area (Å²) in [7, 11) is 1.52. The second-order valence-electron chi connectivity index (χ2n) is 4.92. The van der Waals surface area contributed by atoms with E-state index in [1.165, 1.54) is 23.9 Å². The summed E-state index contributed by atoms with van der Waals surface area (Å²) in [6.07, 6.45) is -2.85. The van der Waals surface area contributed by atoms with Gasteiger partial charge >= 0.3 is 6.18 Å². The van der Waals surface area contributed by atoms with Crippen LogP contribution in [0, 0.1) is 6.92 Å². The van der Waals surface area contributed by atoms with Crippen LogP contribution < -0.4 is 10.5 Å². The highest BCUT2D eigenvalue weighted by Crippen LogP contribution is 2.31. The minimum Gasteiger partial charge on any atom is -0.481 e. The molecule has 7 heteroatoms. The summed E-state index contributed by atoms with van der Waals surface area (Å²) in [6, 6.07) is 4.83. The molecule has 2 aromatic rings. The lowest BCUT2D eigenvalue weighted by Crippen LogP contribution is -2.06. The van der Waals surface area contributed by atoms with Crippen molar-refractivity contribution in [1.82, 2.24) is 9.78 Å². The third-order valence-corrected chi connectivity index (χ3v) is 3.40. The van der Waals surface area contributed by atoms with Crippen LogP contribution >= 0.6 is 0 Å². The van der Waals surface area contributed by atoms with E-state index in [2.05, 4.69) is 5.10 Å². The summed E-state index contributed by atoms with van der Waals surface area (Å²) < 4.78 is 44.7. The van der Waals surface area contributed by atoms with E-state index in [1.807, 2.05) is 6.92 Å². The van der Waals surface area contributed by atoms with Gasteiger partial charge in [0.05, 0.1) is 24.1 Å². The summed E-state index contributed by atoms with van der Waals surface area (Å²) in [6.45, 7) is 2.39. The van der Waals surface area contributed by atoms with Crippen LogP contribution in [0.2, 0.25) is 0 Å². The fraction of sp³-hybridized carbons (Fsp3) is 0.400. The number of benzene rings is 1. The number of aryl methyl sites for hydroxylation is 1. The second-order valence-corrected chi connectivity index (χ2v) is 4.92. The number of halogens is 3. The molecule has 0 unspecified atom stereocenters. The molecule has 0 amide bonds. The smallest absolute Gasteiger partial charge is 0.416 e. The van der Waals surface area contributed by atoms with E-state index < -0.39 is 11.7 Å². The van der Waals surface area contributed by atoms with Crippen molar-refractivity contribution in [3.8, 4) is 11.6 Å². The molecule has 22 heavy (non-hydrogen) atoms. The van der Waals surface area contributed by atoms with Crippen LogP contribution in [0.5, 0.6) is 5.88 Å². The van der Waals surface area contributed by atoms with Gasteiger partial charge < -0.3 is 10.5 Å². The number of hydrogen-bond donors (Lipinski definition) is 1. The average Bonchev–Trinajstić information content (AvgIpc) is 2.80. The summed E-state index contributed by atoms with van der Waals surface area (Å²) in [5.41, 5.74) is 7.05. The molecule has 0 spiro atoms. The number of nitrogens with zero attached hydrogens (tertiary/aromatic N) is 2. The zero-order valence-electron chi connectivity index (χ0n) is 12.4. The molecule has 2 rings (SSSR count). The van der Waals surface area contributed by atoms with Crippen molar-refractivity contribution in [3.63, 3.8) is 0 Å². The molecule has 1 heterocycles. The maximum Gasteiger partial charge on any atom is 0.416 e. The molecule has 1 aromatic heterocycles. The van der Waals surface area contributed by atoms with E-state index in [0.717, 1.165) is 29.8 Å². The lowest BCUT2D eigenvalue weighted by molar-refractivity contribution is -0.137. The first kappa shape index (κ1) is 16.4. The van der Waals surface area contributed by atoms with Crippen molar-refractivity contribution in [2.45, 2.75) is 25.9 Å². The lowest BCUT2D eigenvalue weighted by atomic mass is 10.1. The normalized spacial score (nSPS) is 11.7. The first-order valence-corrected chi connectivity index (χ1v) is 6.88. The molecule has 1 aromatic carbocycles. The van der Waals surface area contributed by atoms with Crippen LogP contribution in [0.25, 0.3) is 5.69 Å². The fourth-order valence-electron chi connectivity index (χ4n) is 2.28. The van der Waals surface area contributed by atoms with E-state index in [1.54, 1.807) is 0 Å². The zero-order chi connectivity index (χ0) is 16.3. The molecule has 0 aliphatic rings. The minimum absolute atomic E-state index is 0.520. The highest BCUT2D eigenvalue weighted by molar-refractivity contribution is 5.42. The topological polar surface area (TPSA) is 53.1 Å². The molecule has 0 saturated heterocycles. The van der Waals surface area contributed by atoms with Crippen molar-refractivity contribution >= 4 is 0 Å². The van der Waals surface area contributed by atoms with Gasteiger partial charge in [-0.25, -0.2) is 4.68 Å². The standard InChI is InChI=1S/C15H18F3N3O/c1-10-13(4-3-9-19)14(22-2)21(20-10)12-7-5-11(6-8-12)15(16,17)18/h5-8H,3-4,9,19H2,1-2H3. The molecule has 0 atom stereocenters. The van der Waals surface area contributed by atoms with E-state index in [9.17, 15) is 13.2 Å². The maximum absolute atomic E-state index is 12.6. The Balaban J connectivity index is 2.40. The SMILES string of the molecule is COc1c(CCCN)c(C)nn1-c1ccc(C(F)(F)F)cc1. The first-order valence-electron chi connectivity index (χ1n) is 6.88. The van der Waals surface area contributed by atoms with Crippen molar-refractivity contribution in [1.29, 1.82) is 0 Å². The predicted molar refractivity (Wildman–Crippen MR) is 77.2 cm³/mol. The first-order chi connectivity index (χ1) is 10.4. The number of ether oxygens (including phenoxy) is 1. The Morgan fingerprint density at radius 1 is 1.23 bits per heavy atom. The Morgan fingerprint density at radius 3 is 2.36 bits per heavy atom. The maximum atomic E-state index is 12.6. The van der Waals surface area contributed by atoms with Gasteiger partial charge in [-0.2, -0.15) is 18.3 Å². The molecule has 4 nitrogen and oxygen atoms in total. The fourth-order valence-corrected chi connectivity index (χ4v) is 2.28. The van der Waals surface area contributed by atoms with E-state index in [0.29, 0.717) is 24.5 Å². The summed E-state index contributed by atoms with van der Waals surface area (Å²) in [5, 5.41) is 4.37. The van der Waals surface area contributed by atoms with Crippen LogP contribution in [0.3, 0.4) is 0 Å². The van der Waals surface area contributed by atoms with Gasteiger partial charge in [-0.15, -0.1) is 0 Å². The largest absolute Gasteiger partial charge is 0.481 e. The van der Waals surface area contributed by atoms with Gasteiger partial charge in [0.25, 0.3) is 0 Å². The Labute approximate surface area is 126 Å². The number of aromatic nitrogens is 2. The van der Waals surface area contributed by atoms with Crippen LogP contribution in [0.1, 0.15) is 23.2 Å². The molecular weight excluding hydrogens is 295 g/mol. The minimum atomic E-state index is -4.35. The molecule has 0 aliphatic carbocycles. The van der Waals surface area contributed by atoms with Crippen LogP contribution in [0.15, 0.2) is 24.3 Å². The molecule has 2 N–H and O–H groups in total. The van der Waals surface area contributed by atoms with Crippen molar-refractivity contribution < 1.29 is 17.9 Å². The van der Waals surface area contributed by atoms with Gasteiger partial charge in [0.1, 0.15) is 0 Å². The van der Waals surface area contributed by atoms with Gasteiger partial charge in [0, 0.05) is 5.56 Å². The van der Waals surface area contributed by atoms with Gasteiger partial charge in [-0.05, 0) is 50.6 Å². The summed E-state index contributed by atoms with van der Waals surface area (Å²) in [4.78, 5) is 0. The number of methoxy groups -OCH3 is 1. The lowest BCUT2D eigenvalue weighted by Gasteiger charge is -2.10. The molecule has 120 valence electrons. The van der Waals surface area contributed by atoms with E-state index in [4.69, 9.17) is 10.5 Å². The third kappa shape index (κ3) is 3.24. The number of alkyl halides is 3. The van der Waals surface area contributed by atoms with Gasteiger partial charge in [-0.3, -0.25) is 0 Å². The predicted octanol–water partition coefficient (Wildman–Crippen LogP) is 3.10. The molecule has 0 saturated carbocycles. The molecule has 0 aliphatic heterocycles. The monoisotopic (exact) mass is 313 g/mol. The number of hydrogen-bond acceptors (Lipinski definition) is 3. The van der Waals surface area contributed by atoms with Crippen LogP contribution in [-0.2, 0) is 12.6 Å². The molecule has 0 fully saturated rings. The van der Waals surface area contributed by atoms with Crippen LogP contribution in [0.4, 0.5) is 13.2 Å².